The van der Waals surface area contributed by atoms with Gasteiger partial charge in [0, 0.05) is 19.3 Å². The smallest absolute Gasteiger partial charge is 0.335 e. The van der Waals surface area contributed by atoms with E-state index in [-0.39, 0.29) is 29.3 Å². The molecule has 6 nitrogen and oxygen atoms in total. The molecule has 0 spiro atoms. The SMILES string of the molecule is COC1CCC(NC(=O)c2cc(C(=O)O)ccn2)C1. The number of ether oxygens (including phenoxy) is 1. The van der Waals surface area contributed by atoms with Gasteiger partial charge in [0.1, 0.15) is 5.69 Å². The first-order valence-electron chi connectivity index (χ1n) is 6.13. The third-order valence-electron chi connectivity index (χ3n) is 3.29. The van der Waals surface area contributed by atoms with Crippen LogP contribution in [0.25, 0.3) is 0 Å². The summed E-state index contributed by atoms with van der Waals surface area (Å²) in [6.07, 6.45) is 4.07. The van der Waals surface area contributed by atoms with Crippen LogP contribution in [0.5, 0.6) is 0 Å². The Balaban J connectivity index is 2.00. The summed E-state index contributed by atoms with van der Waals surface area (Å²) < 4.78 is 5.23. The van der Waals surface area contributed by atoms with Gasteiger partial charge in [0.2, 0.25) is 0 Å². The number of hydrogen-bond acceptors (Lipinski definition) is 4. The third kappa shape index (κ3) is 3.29. The molecule has 1 fully saturated rings. The van der Waals surface area contributed by atoms with Gasteiger partial charge in [0.15, 0.2) is 0 Å². The second kappa shape index (κ2) is 5.79. The molecule has 1 heterocycles. The largest absolute Gasteiger partial charge is 0.478 e. The molecule has 0 bridgehead atoms. The highest BCUT2D eigenvalue weighted by atomic mass is 16.5. The summed E-state index contributed by atoms with van der Waals surface area (Å²) in [5.41, 5.74) is 0.183. The zero-order chi connectivity index (χ0) is 13.8. The Bertz CT molecular complexity index is 489. The molecule has 6 heteroatoms. The number of aromatic carboxylic acids is 1. The minimum absolute atomic E-state index is 0.0568. The van der Waals surface area contributed by atoms with Crippen molar-refractivity contribution in [1.82, 2.24) is 10.3 Å². The van der Waals surface area contributed by atoms with Gasteiger partial charge in [0.05, 0.1) is 11.7 Å². The average Bonchev–Trinajstić information content (AvgIpc) is 2.86. The minimum Gasteiger partial charge on any atom is -0.478 e. The number of hydrogen-bond donors (Lipinski definition) is 2. The van der Waals surface area contributed by atoms with Crippen LogP contribution < -0.4 is 5.32 Å². The van der Waals surface area contributed by atoms with Crippen molar-refractivity contribution in [2.75, 3.05) is 7.11 Å². The van der Waals surface area contributed by atoms with E-state index in [1.54, 1.807) is 7.11 Å². The first kappa shape index (κ1) is 13.5. The Morgan fingerprint density at radius 2 is 2.26 bits per heavy atom. The fourth-order valence-corrected chi connectivity index (χ4v) is 2.23. The van der Waals surface area contributed by atoms with Crippen LogP contribution in [0.15, 0.2) is 18.3 Å². The number of pyridine rings is 1. The monoisotopic (exact) mass is 264 g/mol. The molecule has 2 rings (SSSR count). The summed E-state index contributed by atoms with van der Waals surface area (Å²) in [5, 5.41) is 11.7. The number of rotatable bonds is 4. The van der Waals surface area contributed by atoms with Crippen molar-refractivity contribution < 1.29 is 19.4 Å². The van der Waals surface area contributed by atoms with Gasteiger partial charge in [-0.2, -0.15) is 0 Å². The van der Waals surface area contributed by atoms with Crippen LogP contribution >= 0.6 is 0 Å². The topological polar surface area (TPSA) is 88.5 Å². The highest BCUT2D eigenvalue weighted by molar-refractivity contribution is 5.95. The lowest BCUT2D eigenvalue weighted by atomic mass is 10.2. The van der Waals surface area contributed by atoms with Crippen LogP contribution in [-0.2, 0) is 4.74 Å². The number of methoxy groups -OCH3 is 1. The summed E-state index contributed by atoms with van der Waals surface area (Å²) >= 11 is 0. The number of nitrogens with one attached hydrogen (secondary N) is 1. The van der Waals surface area contributed by atoms with Crippen LogP contribution in [-0.4, -0.2) is 41.2 Å². The van der Waals surface area contributed by atoms with E-state index < -0.39 is 5.97 Å². The standard InChI is InChI=1S/C13H16N2O4/c1-19-10-3-2-9(7-10)15-12(16)11-6-8(13(17)18)4-5-14-11/h4-6,9-10H,2-3,7H2,1H3,(H,15,16)(H,17,18). The summed E-state index contributed by atoms with van der Waals surface area (Å²) in [5.74, 6) is -1.42. The minimum atomic E-state index is -1.07. The Morgan fingerprint density at radius 1 is 1.47 bits per heavy atom. The molecule has 1 aromatic heterocycles. The number of carboxylic acid groups (broad SMARTS) is 1. The van der Waals surface area contributed by atoms with E-state index in [1.165, 1.54) is 18.3 Å². The fraction of sp³-hybridized carbons (Fsp3) is 0.462. The number of carboxylic acids is 1. The normalized spacial score (nSPS) is 22.2. The molecule has 2 unspecified atom stereocenters. The fourth-order valence-electron chi connectivity index (χ4n) is 2.23. The second-order valence-electron chi connectivity index (χ2n) is 4.58. The molecular weight excluding hydrogens is 248 g/mol. The number of nitrogens with zero attached hydrogens (tertiary/aromatic N) is 1. The van der Waals surface area contributed by atoms with Crippen molar-refractivity contribution in [3.63, 3.8) is 0 Å². The molecule has 1 aromatic rings. The summed E-state index contributed by atoms with van der Waals surface area (Å²) in [6, 6.07) is 2.70. The number of amides is 1. The van der Waals surface area contributed by atoms with E-state index in [9.17, 15) is 9.59 Å². The summed E-state index contributed by atoms with van der Waals surface area (Å²) in [6.45, 7) is 0. The maximum atomic E-state index is 12.0. The van der Waals surface area contributed by atoms with Crippen molar-refractivity contribution in [2.24, 2.45) is 0 Å². The van der Waals surface area contributed by atoms with Crippen molar-refractivity contribution in [1.29, 1.82) is 0 Å². The van der Waals surface area contributed by atoms with Crippen LogP contribution in [0.2, 0.25) is 0 Å². The van der Waals surface area contributed by atoms with E-state index >= 15 is 0 Å². The molecule has 1 aliphatic carbocycles. The van der Waals surface area contributed by atoms with E-state index in [0.717, 1.165) is 19.3 Å². The first-order chi connectivity index (χ1) is 9.10. The zero-order valence-corrected chi connectivity index (χ0v) is 10.6. The highest BCUT2D eigenvalue weighted by Gasteiger charge is 2.26. The molecule has 102 valence electrons. The molecule has 0 aromatic carbocycles. The molecule has 0 saturated heterocycles. The van der Waals surface area contributed by atoms with Gasteiger partial charge >= 0.3 is 5.97 Å². The lowest BCUT2D eigenvalue weighted by Gasteiger charge is -2.12. The van der Waals surface area contributed by atoms with Gasteiger partial charge in [-0.15, -0.1) is 0 Å². The molecule has 1 amide bonds. The van der Waals surface area contributed by atoms with Crippen LogP contribution in [0, 0.1) is 0 Å². The predicted molar refractivity (Wildman–Crippen MR) is 67.1 cm³/mol. The van der Waals surface area contributed by atoms with E-state index in [2.05, 4.69) is 10.3 Å². The van der Waals surface area contributed by atoms with Crippen molar-refractivity contribution in [2.45, 2.75) is 31.4 Å². The van der Waals surface area contributed by atoms with Gasteiger partial charge in [0.25, 0.3) is 5.91 Å². The van der Waals surface area contributed by atoms with Crippen molar-refractivity contribution in [3.05, 3.63) is 29.6 Å². The molecular formula is C13H16N2O4. The van der Waals surface area contributed by atoms with E-state index in [4.69, 9.17) is 9.84 Å². The average molecular weight is 264 g/mol. The van der Waals surface area contributed by atoms with Gasteiger partial charge in [-0.1, -0.05) is 0 Å². The molecule has 2 atom stereocenters. The lowest BCUT2D eigenvalue weighted by Crippen LogP contribution is -2.34. The number of carbonyl (C=O) groups is 2. The summed E-state index contributed by atoms with van der Waals surface area (Å²) in [7, 11) is 1.66. The van der Waals surface area contributed by atoms with E-state index in [0.29, 0.717) is 0 Å². The van der Waals surface area contributed by atoms with Crippen LogP contribution in [0.4, 0.5) is 0 Å². The highest BCUT2D eigenvalue weighted by Crippen LogP contribution is 2.21. The molecule has 19 heavy (non-hydrogen) atoms. The Hall–Kier alpha value is -1.95. The van der Waals surface area contributed by atoms with Gasteiger partial charge in [-0.05, 0) is 31.4 Å². The maximum Gasteiger partial charge on any atom is 0.335 e. The zero-order valence-electron chi connectivity index (χ0n) is 10.6. The maximum absolute atomic E-state index is 12.0. The Kier molecular flexibility index (Phi) is 4.11. The third-order valence-corrected chi connectivity index (χ3v) is 3.29. The molecule has 0 radical (unpaired) electrons. The second-order valence-corrected chi connectivity index (χ2v) is 4.58. The molecule has 0 aliphatic heterocycles. The molecule has 1 saturated carbocycles. The predicted octanol–water partition coefficient (Wildman–Crippen LogP) is 1.08. The Morgan fingerprint density at radius 3 is 2.89 bits per heavy atom. The van der Waals surface area contributed by atoms with Crippen molar-refractivity contribution >= 4 is 11.9 Å². The van der Waals surface area contributed by atoms with Crippen LogP contribution in [0.3, 0.4) is 0 Å². The van der Waals surface area contributed by atoms with Gasteiger partial charge < -0.3 is 15.2 Å². The Labute approximate surface area is 110 Å². The van der Waals surface area contributed by atoms with E-state index in [1.807, 2.05) is 0 Å². The van der Waals surface area contributed by atoms with Crippen molar-refractivity contribution in [3.8, 4) is 0 Å². The first-order valence-corrected chi connectivity index (χ1v) is 6.13. The van der Waals surface area contributed by atoms with Crippen LogP contribution in [0.1, 0.15) is 40.1 Å². The van der Waals surface area contributed by atoms with Gasteiger partial charge in [-0.3, -0.25) is 9.78 Å². The lowest BCUT2D eigenvalue weighted by molar-refractivity contribution is 0.0696. The molecule has 1 aliphatic rings. The molecule has 2 N–H and O–H groups in total. The number of aromatic nitrogens is 1. The number of carbonyl (C=O) groups excluding carboxylic acids is 1. The quantitative estimate of drug-likeness (QED) is 0.849. The van der Waals surface area contributed by atoms with Gasteiger partial charge in [-0.25, -0.2) is 4.79 Å². The summed E-state index contributed by atoms with van der Waals surface area (Å²) in [4.78, 5) is 26.7.